The van der Waals surface area contributed by atoms with Crippen LogP contribution in [0.2, 0.25) is 0 Å². The van der Waals surface area contributed by atoms with Crippen molar-refractivity contribution in [1.82, 2.24) is 4.90 Å². The van der Waals surface area contributed by atoms with Crippen molar-refractivity contribution in [2.75, 3.05) is 30.0 Å². The molecule has 1 saturated heterocycles. The van der Waals surface area contributed by atoms with Crippen LogP contribution in [0.5, 0.6) is 0 Å². The van der Waals surface area contributed by atoms with E-state index in [9.17, 15) is 22.2 Å². The summed E-state index contributed by atoms with van der Waals surface area (Å²) in [6, 6.07) is 3.19. The van der Waals surface area contributed by atoms with E-state index in [1.165, 1.54) is 11.0 Å². The molecular weight excluding hydrogens is 307 g/mol. The maximum absolute atomic E-state index is 12.9. The second-order valence-electron chi connectivity index (χ2n) is 4.54. The fourth-order valence-corrected chi connectivity index (χ4v) is 3.11. The number of carbonyl (C=O) groups excluding carboxylic acids is 1. The van der Waals surface area contributed by atoms with Crippen LogP contribution in [0.15, 0.2) is 18.2 Å². The smallest absolute Gasteiger partial charge is 0.337 e. The number of nitrogens with one attached hydrogen (secondary N) is 1. The summed E-state index contributed by atoms with van der Waals surface area (Å²) in [5.41, 5.74) is 0.625. The summed E-state index contributed by atoms with van der Waals surface area (Å²) in [4.78, 5) is 13.6. The average molecular weight is 321 g/mol. The Labute approximate surface area is 121 Å². The molecule has 1 amide bonds. The Balaban J connectivity index is 2.28. The number of alkyl halides is 3. The minimum Gasteiger partial charge on any atom is -0.337 e. The number of rotatable bonds is 2. The van der Waals surface area contributed by atoms with E-state index >= 15 is 0 Å². The number of nitrogen functional groups attached to an aromatic ring is 1. The molecule has 1 fully saturated rings. The third-order valence-corrected chi connectivity index (χ3v) is 4.47. The van der Waals surface area contributed by atoms with Crippen LogP contribution in [0.4, 0.5) is 18.9 Å². The molecule has 116 valence electrons. The molecule has 0 saturated carbocycles. The van der Waals surface area contributed by atoms with Crippen LogP contribution < -0.4 is 11.3 Å². The van der Waals surface area contributed by atoms with Gasteiger partial charge in [0.1, 0.15) is 0 Å². The molecule has 1 aromatic rings. The number of nitrogens with zero attached hydrogens (tertiary/aromatic N) is 1. The molecular formula is C12H14F3N3O2S. The molecule has 0 bridgehead atoms. The molecule has 1 aliphatic heterocycles. The topological polar surface area (TPSA) is 75.4 Å². The lowest BCUT2D eigenvalue weighted by atomic mass is 10.1. The first-order valence-electron chi connectivity index (χ1n) is 6.15. The Morgan fingerprint density at radius 3 is 2.43 bits per heavy atom. The highest BCUT2D eigenvalue weighted by atomic mass is 32.2. The third kappa shape index (κ3) is 3.53. The molecule has 0 aromatic heterocycles. The van der Waals surface area contributed by atoms with Crippen molar-refractivity contribution < 1.29 is 22.2 Å². The fraction of sp³-hybridized carbons (Fsp3) is 0.417. The summed E-state index contributed by atoms with van der Waals surface area (Å²) in [7, 11) is -0.958. The number of benzene rings is 1. The van der Waals surface area contributed by atoms with Gasteiger partial charge in [-0.1, -0.05) is 0 Å². The van der Waals surface area contributed by atoms with Crippen molar-refractivity contribution in [2.24, 2.45) is 5.84 Å². The maximum Gasteiger partial charge on any atom is 0.418 e. The summed E-state index contributed by atoms with van der Waals surface area (Å²) in [5, 5.41) is 0. The average Bonchev–Trinajstić information content (AvgIpc) is 2.45. The molecule has 5 nitrogen and oxygen atoms in total. The second-order valence-corrected chi connectivity index (χ2v) is 6.24. The molecule has 2 rings (SSSR count). The fourth-order valence-electron chi connectivity index (χ4n) is 2.06. The Kier molecular flexibility index (Phi) is 4.52. The standard InChI is InChI=1S/C12H14F3N3O2S/c13-12(14,15)9-7-8(1-2-10(9)17-16)11(19)18-3-5-21(20)6-4-18/h1-2,7,17H,3-6,16H2. The van der Waals surface area contributed by atoms with Crippen LogP contribution in [-0.4, -0.2) is 39.6 Å². The van der Waals surface area contributed by atoms with E-state index in [-0.39, 0.29) is 24.3 Å². The van der Waals surface area contributed by atoms with Gasteiger partial charge in [0, 0.05) is 41.0 Å². The van der Waals surface area contributed by atoms with Gasteiger partial charge < -0.3 is 10.3 Å². The van der Waals surface area contributed by atoms with Crippen LogP contribution in [0.3, 0.4) is 0 Å². The monoisotopic (exact) mass is 321 g/mol. The van der Waals surface area contributed by atoms with Crippen molar-refractivity contribution in [3.8, 4) is 0 Å². The van der Waals surface area contributed by atoms with Gasteiger partial charge in [-0.3, -0.25) is 14.8 Å². The second kappa shape index (κ2) is 6.02. The zero-order chi connectivity index (χ0) is 15.6. The summed E-state index contributed by atoms with van der Waals surface area (Å²) in [6.45, 7) is 0.563. The number of halogens is 3. The Morgan fingerprint density at radius 1 is 1.29 bits per heavy atom. The van der Waals surface area contributed by atoms with Gasteiger partial charge in [-0.05, 0) is 18.2 Å². The quantitative estimate of drug-likeness (QED) is 0.634. The van der Waals surface area contributed by atoms with Crippen molar-refractivity contribution in [3.63, 3.8) is 0 Å². The van der Waals surface area contributed by atoms with E-state index in [0.29, 0.717) is 11.5 Å². The normalized spacial score (nSPS) is 16.9. The number of hydrogen-bond acceptors (Lipinski definition) is 4. The van der Waals surface area contributed by atoms with Crippen molar-refractivity contribution in [2.45, 2.75) is 6.18 Å². The summed E-state index contributed by atoms with van der Waals surface area (Å²) in [5.74, 6) is 5.25. The molecule has 1 aliphatic rings. The Hall–Kier alpha value is -1.61. The zero-order valence-electron chi connectivity index (χ0n) is 10.9. The SMILES string of the molecule is NNc1ccc(C(=O)N2CCS(=O)CC2)cc1C(F)(F)F. The van der Waals surface area contributed by atoms with Crippen LogP contribution in [0.25, 0.3) is 0 Å². The third-order valence-electron chi connectivity index (χ3n) is 3.19. The van der Waals surface area contributed by atoms with Gasteiger partial charge in [0.2, 0.25) is 0 Å². The number of carbonyl (C=O) groups is 1. The summed E-state index contributed by atoms with van der Waals surface area (Å²) >= 11 is 0. The van der Waals surface area contributed by atoms with Gasteiger partial charge in [0.05, 0.1) is 11.3 Å². The van der Waals surface area contributed by atoms with Gasteiger partial charge in [-0.25, -0.2) is 0 Å². The maximum atomic E-state index is 12.9. The number of amides is 1. The minimum absolute atomic E-state index is 0.0611. The highest BCUT2D eigenvalue weighted by Gasteiger charge is 2.34. The largest absolute Gasteiger partial charge is 0.418 e. The van der Waals surface area contributed by atoms with Gasteiger partial charge in [0.15, 0.2) is 0 Å². The van der Waals surface area contributed by atoms with Gasteiger partial charge >= 0.3 is 6.18 Å². The van der Waals surface area contributed by atoms with E-state index in [1.54, 1.807) is 0 Å². The Morgan fingerprint density at radius 2 is 1.90 bits per heavy atom. The molecule has 1 aromatic carbocycles. The van der Waals surface area contributed by atoms with E-state index in [0.717, 1.165) is 12.1 Å². The van der Waals surface area contributed by atoms with E-state index < -0.39 is 28.4 Å². The molecule has 9 heteroatoms. The predicted molar refractivity (Wildman–Crippen MR) is 73.0 cm³/mol. The number of hydrazine groups is 1. The molecule has 0 atom stereocenters. The number of anilines is 1. The predicted octanol–water partition coefficient (Wildman–Crippen LogP) is 1.20. The van der Waals surface area contributed by atoms with Crippen LogP contribution in [-0.2, 0) is 17.0 Å². The number of hydrogen-bond donors (Lipinski definition) is 2. The van der Waals surface area contributed by atoms with Crippen LogP contribution in [0, 0.1) is 0 Å². The van der Waals surface area contributed by atoms with Crippen molar-refractivity contribution in [1.29, 1.82) is 0 Å². The highest BCUT2D eigenvalue weighted by Crippen LogP contribution is 2.35. The first-order chi connectivity index (χ1) is 9.82. The molecule has 1 heterocycles. The first kappa shape index (κ1) is 15.8. The zero-order valence-corrected chi connectivity index (χ0v) is 11.8. The van der Waals surface area contributed by atoms with E-state index in [1.807, 2.05) is 5.43 Å². The minimum atomic E-state index is -4.61. The van der Waals surface area contributed by atoms with Crippen LogP contribution >= 0.6 is 0 Å². The molecule has 0 unspecified atom stereocenters. The highest BCUT2D eigenvalue weighted by molar-refractivity contribution is 7.85. The first-order valence-corrected chi connectivity index (χ1v) is 7.64. The van der Waals surface area contributed by atoms with Crippen LogP contribution in [0.1, 0.15) is 15.9 Å². The van der Waals surface area contributed by atoms with Gasteiger partial charge in [-0.2, -0.15) is 13.2 Å². The van der Waals surface area contributed by atoms with Gasteiger partial charge in [-0.15, -0.1) is 0 Å². The number of nitrogens with two attached hydrogens (primary N) is 1. The lowest BCUT2D eigenvalue weighted by Gasteiger charge is -2.26. The Bertz CT molecular complexity index is 567. The molecule has 21 heavy (non-hydrogen) atoms. The van der Waals surface area contributed by atoms with E-state index in [4.69, 9.17) is 5.84 Å². The summed E-state index contributed by atoms with van der Waals surface area (Å²) < 4.78 is 50.0. The molecule has 0 spiro atoms. The molecule has 0 radical (unpaired) electrons. The lowest BCUT2D eigenvalue weighted by molar-refractivity contribution is -0.137. The molecule has 0 aliphatic carbocycles. The summed E-state index contributed by atoms with van der Waals surface area (Å²) in [6.07, 6.45) is -4.61. The van der Waals surface area contributed by atoms with E-state index in [2.05, 4.69) is 0 Å². The van der Waals surface area contributed by atoms with Gasteiger partial charge in [0.25, 0.3) is 5.91 Å². The lowest BCUT2D eigenvalue weighted by Crippen LogP contribution is -2.41. The molecule has 3 N–H and O–H groups in total. The van der Waals surface area contributed by atoms with Crippen molar-refractivity contribution >= 4 is 22.4 Å². The van der Waals surface area contributed by atoms with Crippen molar-refractivity contribution in [3.05, 3.63) is 29.3 Å².